The minimum absolute atomic E-state index is 0.0420. The summed E-state index contributed by atoms with van der Waals surface area (Å²) in [6, 6.07) is 3.01. The Kier molecular flexibility index (Phi) is 7.78. The lowest BCUT2D eigenvalue weighted by molar-refractivity contribution is -0.167. The molecule has 0 saturated heterocycles. The van der Waals surface area contributed by atoms with Crippen molar-refractivity contribution in [2.24, 2.45) is 0 Å². The third-order valence-electron chi connectivity index (χ3n) is 5.00. The summed E-state index contributed by atoms with van der Waals surface area (Å²) >= 11 is 0. The van der Waals surface area contributed by atoms with Crippen molar-refractivity contribution in [1.29, 1.82) is 0 Å². The maximum absolute atomic E-state index is 14.6. The van der Waals surface area contributed by atoms with Gasteiger partial charge in [-0.2, -0.15) is 34.4 Å². The first-order valence-corrected chi connectivity index (χ1v) is 12.4. The van der Waals surface area contributed by atoms with E-state index in [1.54, 1.807) is 27.7 Å². The molecule has 0 radical (unpaired) electrons. The van der Waals surface area contributed by atoms with Crippen LogP contribution in [0.4, 0.5) is 22.0 Å². The van der Waals surface area contributed by atoms with Crippen LogP contribution in [0.3, 0.4) is 0 Å². The Morgan fingerprint density at radius 1 is 0.781 bits per heavy atom. The fraction of sp³-hybridized carbons (Fsp3) is 0.684. The van der Waals surface area contributed by atoms with Gasteiger partial charge in [-0.15, -0.1) is 0 Å². The van der Waals surface area contributed by atoms with Gasteiger partial charge in [0.15, 0.2) is 0 Å². The first-order chi connectivity index (χ1) is 14.0. The highest BCUT2D eigenvalue weighted by molar-refractivity contribution is 7.88. The molecule has 6 nitrogen and oxygen atoms in total. The highest BCUT2D eigenvalue weighted by Crippen LogP contribution is 2.50. The smallest absolute Gasteiger partial charge is 0.377 e. The molecule has 0 fully saturated rings. The molecule has 186 valence electrons. The van der Waals surface area contributed by atoms with E-state index >= 15 is 0 Å². The van der Waals surface area contributed by atoms with E-state index in [0.717, 1.165) is 5.56 Å². The normalized spacial score (nSPS) is 16.0. The molecule has 1 unspecified atom stereocenters. The zero-order valence-corrected chi connectivity index (χ0v) is 20.2. The fourth-order valence-electron chi connectivity index (χ4n) is 2.79. The summed E-state index contributed by atoms with van der Waals surface area (Å²) in [7, 11) is -13.3. The average Bonchev–Trinajstić information content (AvgIpc) is 2.59. The van der Waals surface area contributed by atoms with E-state index in [0.29, 0.717) is 0 Å². The summed E-state index contributed by atoms with van der Waals surface area (Å²) in [4.78, 5) is 0. The van der Waals surface area contributed by atoms with Gasteiger partial charge >= 0.3 is 30.7 Å². The van der Waals surface area contributed by atoms with Crippen molar-refractivity contribution < 1.29 is 47.5 Å². The molecule has 0 spiro atoms. The van der Waals surface area contributed by atoms with Crippen LogP contribution in [-0.4, -0.2) is 37.6 Å². The molecule has 1 N–H and O–H groups in total. The Morgan fingerprint density at radius 2 is 1.16 bits per heavy atom. The topological polar surface area (TPSA) is 97.7 Å². The molecule has 0 aromatic heterocycles. The standard InChI is InChI=1S/C19H27F5O6S2/c1-10(2)13-8-14(11(3)4)16(15(9-13)12(5)6)30-32(28,29)19(23,24)17(7,20)18(21,22)31(25,26)27/h8-12H,1-7H3,(H,25,26,27). The van der Waals surface area contributed by atoms with Crippen molar-refractivity contribution in [2.75, 3.05) is 0 Å². The molecular weight excluding hydrogens is 483 g/mol. The molecule has 0 aliphatic heterocycles. The van der Waals surface area contributed by atoms with Gasteiger partial charge in [0, 0.05) is 0 Å². The molecule has 1 atom stereocenters. The third-order valence-corrected chi connectivity index (χ3v) is 7.43. The summed E-state index contributed by atoms with van der Waals surface area (Å²) in [5.74, 6) is -1.56. The number of hydrogen-bond acceptors (Lipinski definition) is 5. The quantitative estimate of drug-likeness (QED) is 0.265. The van der Waals surface area contributed by atoms with Crippen molar-refractivity contribution in [2.45, 2.75) is 82.4 Å². The summed E-state index contributed by atoms with van der Waals surface area (Å²) in [6.45, 7) is 9.44. The van der Waals surface area contributed by atoms with Crippen molar-refractivity contribution in [3.05, 3.63) is 28.8 Å². The molecule has 1 rings (SSSR count). The number of halogens is 5. The zero-order chi connectivity index (χ0) is 25.7. The minimum Gasteiger partial charge on any atom is -0.377 e. The van der Waals surface area contributed by atoms with Gasteiger partial charge in [-0.25, -0.2) is 4.39 Å². The molecule has 32 heavy (non-hydrogen) atoms. The second kappa shape index (κ2) is 8.71. The highest BCUT2D eigenvalue weighted by atomic mass is 32.2. The van der Waals surface area contributed by atoms with E-state index in [2.05, 4.69) is 4.18 Å². The molecule has 0 heterocycles. The lowest BCUT2D eigenvalue weighted by Gasteiger charge is -2.33. The van der Waals surface area contributed by atoms with Gasteiger partial charge in [0.2, 0.25) is 0 Å². The summed E-state index contributed by atoms with van der Waals surface area (Å²) in [6.07, 6.45) is 0. The van der Waals surface area contributed by atoms with Crippen LogP contribution in [0.2, 0.25) is 0 Å². The summed E-state index contributed by atoms with van der Waals surface area (Å²) in [5, 5.41) is -12.2. The molecule has 1 aromatic rings. The lowest BCUT2D eigenvalue weighted by atomic mass is 9.88. The molecule has 0 aliphatic carbocycles. The predicted molar refractivity (Wildman–Crippen MR) is 109 cm³/mol. The number of alkyl halides is 5. The highest BCUT2D eigenvalue weighted by Gasteiger charge is 2.78. The van der Waals surface area contributed by atoms with Gasteiger partial charge < -0.3 is 4.18 Å². The fourth-order valence-corrected chi connectivity index (χ4v) is 4.59. The Morgan fingerprint density at radius 3 is 1.44 bits per heavy atom. The number of hydrogen-bond donors (Lipinski definition) is 1. The minimum atomic E-state index is -6.74. The van der Waals surface area contributed by atoms with E-state index in [4.69, 9.17) is 4.55 Å². The maximum atomic E-state index is 14.6. The number of benzene rings is 1. The monoisotopic (exact) mass is 510 g/mol. The van der Waals surface area contributed by atoms with E-state index in [9.17, 15) is 38.8 Å². The predicted octanol–water partition coefficient (Wildman–Crippen LogP) is 5.57. The maximum Gasteiger partial charge on any atom is 0.420 e. The van der Waals surface area contributed by atoms with E-state index in [1.165, 1.54) is 12.1 Å². The lowest BCUT2D eigenvalue weighted by Crippen LogP contribution is -2.62. The van der Waals surface area contributed by atoms with Crippen molar-refractivity contribution in [3.8, 4) is 5.75 Å². The Labute approximate surface area is 185 Å². The Balaban J connectivity index is 3.80. The van der Waals surface area contributed by atoms with Crippen LogP contribution < -0.4 is 4.18 Å². The average molecular weight is 511 g/mol. The molecule has 1 aromatic carbocycles. The van der Waals surface area contributed by atoms with Gasteiger partial charge in [0.1, 0.15) is 5.75 Å². The van der Waals surface area contributed by atoms with Crippen LogP contribution in [0.1, 0.15) is 82.9 Å². The third kappa shape index (κ3) is 4.74. The van der Waals surface area contributed by atoms with E-state index in [-0.39, 0.29) is 17.0 Å². The van der Waals surface area contributed by atoms with Gasteiger partial charge in [-0.3, -0.25) is 4.55 Å². The van der Waals surface area contributed by atoms with E-state index in [1.807, 2.05) is 13.8 Å². The molecule has 0 bridgehead atoms. The number of rotatable bonds is 9. The van der Waals surface area contributed by atoms with Crippen molar-refractivity contribution in [3.63, 3.8) is 0 Å². The Bertz CT molecular complexity index is 1030. The molecule has 0 amide bonds. The van der Waals surface area contributed by atoms with Crippen molar-refractivity contribution in [1.82, 2.24) is 0 Å². The van der Waals surface area contributed by atoms with Gasteiger partial charge in [-0.05, 0) is 41.4 Å². The van der Waals surface area contributed by atoms with Crippen LogP contribution >= 0.6 is 0 Å². The zero-order valence-electron chi connectivity index (χ0n) is 18.6. The van der Waals surface area contributed by atoms with E-state index < -0.39 is 60.9 Å². The summed E-state index contributed by atoms with van der Waals surface area (Å²) in [5.41, 5.74) is -4.54. The molecule has 0 saturated carbocycles. The largest absolute Gasteiger partial charge is 0.420 e. The second-order valence-electron chi connectivity index (χ2n) is 8.54. The second-order valence-corrected chi connectivity index (χ2v) is 11.6. The van der Waals surface area contributed by atoms with Crippen LogP contribution in [0.15, 0.2) is 12.1 Å². The van der Waals surface area contributed by atoms with Gasteiger partial charge in [0.05, 0.1) is 0 Å². The van der Waals surface area contributed by atoms with Gasteiger partial charge in [0.25, 0.3) is 5.67 Å². The van der Waals surface area contributed by atoms with Crippen LogP contribution in [0, 0.1) is 0 Å². The molecule has 0 aliphatic rings. The Hall–Kier alpha value is -1.47. The van der Waals surface area contributed by atoms with Crippen LogP contribution in [-0.2, 0) is 20.2 Å². The first kappa shape index (κ1) is 28.6. The first-order valence-electron chi connectivity index (χ1n) is 9.56. The SMILES string of the molecule is CC(C)c1cc(C(C)C)c(OS(=O)(=O)C(F)(F)C(C)(F)C(F)(F)S(=O)(=O)O)c(C(C)C)c1. The van der Waals surface area contributed by atoms with Crippen molar-refractivity contribution >= 4 is 20.2 Å². The molecular formula is C19H27F5O6S2. The van der Waals surface area contributed by atoms with Gasteiger partial charge in [-0.1, -0.05) is 53.7 Å². The van der Waals surface area contributed by atoms with Crippen LogP contribution in [0.25, 0.3) is 0 Å². The molecule has 13 heteroatoms. The van der Waals surface area contributed by atoms with Crippen LogP contribution in [0.5, 0.6) is 5.75 Å². The summed E-state index contributed by atoms with van der Waals surface area (Å²) < 4.78 is 131.